The Morgan fingerprint density at radius 1 is 0.741 bits per heavy atom. The van der Waals surface area contributed by atoms with Gasteiger partial charge in [0, 0.05) is 74.8 Å². The second-order valence-electron chi connectivity index (χ2n) is 26.5. The summed E-state index contributed by atoms with van der Waals surface area (Å²) in [5, 5.41) is 49.8. The third kappa shape index (κ3) is 12.9. The molecule has 2 bridgehead atoms. The molecule has 0 aromatic heterocycles. The molecule has 5 aliphatic heterocycles. The van der Waals surface area contributed by atoms with Gasteiger partial charge < -0.3 is 88.3 Å². The molecule has 22 nitrogen and oxygen atoms in total. The number of Topliss-reactive ketones (excluding diaryl/α,β-unsaturated/α-hetero) is 1. The monoisotopic (exact) mass is 1200 g/mol. The number of ketones is 1. The summed E-state index contributed by atoms with van der Waals surface area (Å²) in [5.74, 6) is -5.23. The highest BCUT2D eigenvalue weighted by molar-refractivity contribution is 6.26. The van der Waals surface area contributed by atoms with Gasteiger partial charge in [0.2, 0.25) is 5.78 Å². The van der Waals surface area contributed by atoms with Crippen LogP contribution in [0.1, 0.15) is 128 Å². The summed E-state index contributed by atoms with van der Waals surface area (Å²) in [6.07, 6.45) is -1.43. The number of aliphatic hydroxyl groups excluding tert-OH is 4. The van der Waals surface area contributed by atoms with E-state index < -0.39 is 174 Å². The summed E-state index contributed by atoms with van der Waals surface area (Å²) in [5.41, 5.74) is 4.69. The minimum absolute atomic E-state index is 0.0255. The Hall–Kier alpha value is -4.14. The average molecular weight is 1200 g/mol. The number of hydrogen-bond donors (Lipinski definition) is 6. The van der Waals surface area contributed by atoms with E-state index in [-0.39, 0.29) is 62.2 Å². The number of carbonyl (C=O) groups is 4. The maximum Gasteiger partial charge on any atom is 0.407 e. The lowest BCUT2D eigenvalue weighted by Crippen LogP contribution is -2.66. The van der Waals surface area contributed by atoms with Crippen LogP contribution in [0.25, 0.3) is 0 Å². The van der Waals surface area contributed by atoms with Gasteiger partial charge in [-0.25, -0.2) is 9.59 Å². The minimum Gasteiger partial charge on any atom is -0.511 e. The van der Waals surface area contributed by atoms with Crippen molar-refractivity contribution in [3.63, 3.8) is 0 Å². The molecule has 9 rings (SSSR count). The Morgan fingerprint density at radius 3 is 2.00 bits per heavy atom. The highest BCUT2D eigenvalue weighted by Gasteiger charge is 2.64. The van der Waals surface area contributed by atoms with Crippen molar-refractivity contribution >= 4 is 23.8 Å². The van der Waals surface area contributed by atoms with Crippen LogP contribution in [-0.4, -0.2) is 181 Å². The molecule has 85 heavy (non-hydrogen) atoms. The van der Waals surface area contributed by atoms with E-state index in [1.807, 2.05) is 52.8 Å². The first-order chi connectivity index (χ1) is 40.0. The van der Waals surface area contributed by atoms with Crippen molar-refractivity contribution in [2.45, 2.75) is 244 Å². The number of rotatable bonds is 12. The van der Waals surface area contributed by atoms with Crippen molar-refractivity contribution in [2.75, 3.05) is 20.8 Å². The number of carbonyl (C=O) groups excluding carboxylic acids is 4. The molecule has 7 N–H and O–H groups in total. The van der Waals surface area contributed by atoms with Crippen molar-refractivity contribution < 1.29 is 96.4 Å². The summed E-state index contributed by atoms with van der Waals surface area (Å²) in [6, 6.07) is -0.610. The third-order valence-corrected chi connectivity index (χ3v) is 20.2. The van der Waals surface area contributed by atoms with Gasteiger partial charge in [0.1, 0.15) is 36.3 Å². The standard InChI is InChI=1S/C63H94N2O20/c1-28-15-18-44(81-49-26-61(11,64)56(36(9)80-49)65-60(73)75-14)29(2)20-39-21-38(27-76-37(10)66)32(5)25-63(39)58(71)50(59(72)85-63)57(70)62(12)41(28)17-16-40-51(62)30(3)19-31(4)53(40)83-48-24-45(52(69)33(6)77-48)82-46-23-43(68)55(35(8)79-46)84-47-22-42(67)54(74-13)34(7)78-47/h15-17,20-21,30-36,39-49,51-56,67-70H,18-19,22-27,64H2,1-14H3,(H,65,73)/b28-15+,29-20+,57-50+/t30-,31-,32+,33-,34-,35-,36+,39+,40-,41-,42+,43+,44-,45+,46-,47+,48-,49-,51+,52-,53-,54-,55-,56-,61-,62+,63-/m0/s1. The van der Waals surface area contributed by atoms with E-state index in [1.54, 1.807) is 27.7 Å². The second-order valence-corrected chi connectivity index (χ2v) is 26.5. The highest BCUT2D eigenvalue weighted by atomic mass is 16.7. The zero-order chi connectivity index (χ0) is 61.9. The molecule has 1 amide bonds. The van der Waals surface area contributed by atoms with Gasteiger partial charge in [-0.1, -0.05) is 63.6 Å². The number of amides is 1. The van der Waals surface area contributed by atoms with Crippen LogP contribution in [0.5, 0.6) is 0 Å². The number of methoxy groups -OCH3 is 2. The van der Waals surface area contributed by atoms with Gasteiger partial charge in [-0.2, -0.15) is 0 Å². The van der Waals surface area contributed by atoms with Crippen molar-refractivity contribution in [1.82, 2.24) is 5.32 Å². The topological polar surface area (TPSA) is 298 Å². The van der Waals surface area contributed by atoms with Crippen molar-refractivity contribution in [1.29, 1.82) is 0 Å². The lowest BCUT2D eigenvalue weighted by Gasteiger charge is -2.56. The summed E-state index contributed by atoms with van der Waals surface area (Å²) >= 11 is 0. The molecule has 0 aromatic carbocycles. The molecule has 1 saturated carbocycles. The summed E-state index contributed by atoms with van der Waals surface area (Å²) in [4.78, 5) is 55.1. The van der Waals surface area contributed by atoms with Crippen LogP contribution < -0.4 is 11.1 Å². The number of hydrogen-bond acceptors (Lipinski definition) is 21. The van der Waals surface area contributed by atoms with Gasteiger partial charge in [-0.15, -0.1) is 0 Å². The van der Waals surface area contributed by atoms with Crippen LogP contribution in [0.4, 0.5) is 4.79 Å². The average Bonchev–Trinajstić information content (AvgIpc) is 1.71. The summed E-state index contributed by atoms with van der Waals surface area (Å²) in [7, 11) is 2.79. The zero-order valence-electron chi connectivity index (χ0n) is 51.8. The minimum atomic E-state index is -1.79. The molecule has 5 saturated heterocycles. The molecule has 0 radical (unpaired) electrons. The van der Waals surface area contributed by atoms with Gasteiger partial charge in [0.25, 0.3) is 0 Å². The second kappa shape index (κ2) is 25.8. The van der Waals surface area contributed by atoms with E-state index >= 15 is 4.79 Å². The van der Waals surface area contributed by atoms with Crippen LogP contribution in [0.2, 0.25) is 0 Å². The van der Waals surface area contributed by atoms with E-state index in [0.29, 0.717) is 18.4 Å². The number of nitrogens with one attached hydrogen (secondary N) is 1. The Labute approximate surface area is 499 Å². The number of aliphatic hydroxyl groups is 4. The molecular formula is C63H94N2O20. The van der Waals surface area contributed by atoms with Crippen LogP contribution in [0.3, 0.4) is 0 Å². The molecule has 0 unspecified atom stereocenters. The Morgan fingerprint density at radius 2 is 1.36 bits per heavy atom. The smallest absolute Gasteiger partial charge is 0.407 e. The molecule has 27 atom stereocenters. The number of fused-ring (bicyclic) bond motifs is 4. The van der Waals surface area contributed by atoms with Gasteiger partial charge in [0.05, 0.1) is 68.1 Å². The van der Waals surface area contributed by atoms with E-state index in [1.165, 1.54) is 21.1 Å². The first-order valence-electron chi connectivity index (χ1n) is 30.5. The fourth-order valence-electron chi connectivity index (χ4n) is 15.9. The Kier molecular flexibility index (Phi) is 19.8. The van der Waals surface area contributed by atoms with Crippen molar-refractivity contribution in [2.24, 2.45) is 52.6 Å². The van der Waals surface area contributed by atoms with E-state index in [9.17, 15) is 34.8 Å². The molecular weight excluding hydrogens is 1100 g/mol. The van der Waals surface area contributed by atoms with Crippen molar-refractivity contribution in [3.05, 3.63) is 58.4 Å². The predicted molar refractivity (Wildman–Crippen MR) is 304 cm³/mol. The number of ether oxygens (including phenoxy) is 12. The molecule has 22 heteroatoms. The molecule has 6 fully saturated rings. The van der Waals surface area contributed by atoms with Crippen LogP contribution in [-0.2, 0) is 71.2 Å². The zero-order valence-corrected chi connectivity index (χ0v) is 51.8. The van der Waals surface area contributed by atoms with E-state index in [4.69, 9.17) is 62.6 Å². The molecule has 4 aliphatic carbocycles. The van der Waals surface area contributed by atoms with Crippen LogP contribution in [0, 0.1) is 46.8 Å². The van der Waals surface area contributed by atoms with Crippen LogP contribution >= 0.6 is 0 Å². The van der Waals surface area contributed by atoms with Crippen molar-refractivity contribution in [3.8, 4) is 0 Å². The Bertz CT molecular complexity index is 2610. The normalized spacial score (nSPS) is 48.8. The molecule has 1 spiro atoms. The number of allylic oxidation sites excluding steroid dienone is 3. The quantitative estimate of drug-likeness (QED) is 0.0580. The molecule has 0 aromatic rings. The number of nitrogens with two attached hydrogens (primary N) is 1. The summed E-state index contributed by atoms with van der Waals surface area (Å²) < 4.78 is 74.0. The summed E-state index contributed by atoms with van der Waals surface area (Å²) in [6.45, 7) is 22.1. The van der Waals surface area contributed by atoms with E-state index in [0.717, 1.165) is 11.1 Å². The third-order valence-electron chi connectivity index (χ3n) is 20.2. The largest absolute Gasteiger partial charge is 0.511 e. The predicted octanol–water partition coefficient (Wildman–Crippen LogP) is 5.83. The fourth-order valence-corrected chi connectivity index (χ4v) is 15.9. The lowest BCUT2D eigenvalue weighted by molar-refractivity contribution is -0.335. The van der Waals surface area contributed by atoms with Gasteiger partial charge in [0.15, 0.2) is 30.8 Å². The van der Waals surface area contributed by atoms with Gasteiger partial charge in [-0.05, 0) is 96.1 Å². The van der Waals surface area contributed by atoms with Crippen LogP contribution in [0.15, 0.2) is 58.4 Å². The highest BCUT2D eigenvalue weighted by Crippen LogP contribution is 2.61. The van der Waals surface area contributed by atoms with E-state index in [2.05, 4.69) is 31.3 Å². The first kappa shape index (κ1) is 65.3. The van der Waals surface area contributed by atoms with Gasteiger partial charge >= 0.3 is 18.0 Å². The van der Waals surface area contributed by atoms with Gasteiger partial charge in [-0.3, -0.25) is 9.59 Å². The maximum atomic E-state index is 15.7. The number of alkyl carbamates (subject to hydrolysis) is 1. The molecule has 5 heterocycles. The maximum absolute atomic E-state index is 15.7. The lowest BCUT2D eigenvalue weighted by atomic mass is 9.49. The first-order valence-corrected chi connectivity index (χ1v) is 30.5. The molecule has 476 valence electrons. The number of esters is 2. The fraction of sp³-hybridized carbons (Fsp3) is 0.778. The Balaban J connectivity index is 1.02. The molecule has 9 aliphatic rings. The SMILES string of the molecule is COC(=O)N[C@H]1[C@@H](C)O[C@@H](O[C@H]2C/C=C(\C)[C@@H]3C=C[C@@H]4[C@@H](O[C@H]5C[C@@H](O[C@H]6C[C@@H](O)[C@@H](O[C@@H]7C[C@@H](O)[C@@H](OC)[C@H](C)O7)[C@H](C)O6)[C@@H](O)[C@H](C)O5)[C@@H](C)C[C@H](C)[C@H]4[C@]3(C)/C(O)=C3\C(=O)O[C@]4(C[C@@H](C)C(COC(C)=O)=C[C@H]4/C=C/2C)C3=O)C[C@]1(C)N.